The molecule has 8 heteroatoms. The Morgan fingerprint density at radius 3 is 2.50 bits per heavy atom. The molecule has 0 radical (unpaired) electrons. The molecule has 1 aliphatic rings. The Kier molecular flexibility index (Phi) is 7.83. The fourth-order valence-electron chi connectivity index (χ4n) is 3.35. The standard InChI is InChI=1S/C24H24Cl2N2O4/c1-15(32-2)18-8-5-17(6-9-18)13-28-14-19(22(29)24(28)31)23(30)27-11-3-4-16-7-10-20(25)21(26)12-16/h5-10,12,29H,1,3-4,11,13-14H2,2H3,(H,27,30). The van der Waals surface area contributed by atoms with Gasteiger partial charge < -0.3 is 20.1 Å². The van der Waals surface area contributed by atoms with E-state index in [1.807, 2.05) is 30.3 Å². The van der Waals surface area contributed by atoms with E-state index >= 15 is 0 Å². The summed E-state index contributed by atoms with van der Waals surface area (Å²) in [5.41, 5.74) is 2.79. The highest BCUT2D eigenvalue weighted by Crippen LogP contribution is 2.23. The number of nitrogens with zero attached hydrogens (tertiary/aromatic N) is 1. The number of rotatable bonds is 9. The van der Waals surface area contributed by atoms with Crippen molar-refractivity contribution in [1.29, 1.82) is 0 Å². The van der Waals surface area contributed by atoms with Gasteiger partial charge in [-0.2, -0.15) is 0 Å². The first-order valence-electron chi connectivity index (χ1n) is 10.1. The molecule has 168 valence electrons. The zero-order valence-electron chi connectivity index (χ0n) is 17.7. The van der Waals surface area contributed by atoms with Gasteiger partial charge in [-0.3, -0.25) is 9.59 Å². The summed E-state index contributed by atoms with van der Waals surface area (Å²) < 4.78 is 5.10. The lowest BCUT2D eigenvalue weighted by molar-refractivity contribution is -0.128. The number of ether oxygens (including phenoxy) is 1. The number of aryl methyl sites for hydroxylation is 1. The van der Waals surface area contributed by atoms with Crippen LogP contribution < -0.4 is 5.32 Å². The Balaban J connectivity index is 1.51. The molecule has 2 amide bonds. The molecular weight excluding hydrogens is 451 g/mol. The molecule has 6 nitrogen and oxygen atoms in total. The van der Waals surface area contributed by atoms with Crippen LogP contribution in [0.2, 0.25) is 10.0 Å². The largest absolute Gasteiger partial charge is 0.503 e. The Bertz CT molecular complexity index is 1060. The number of amides is 2. The number of hydrogen-bond acceptors (Lipinski definition) is 4. The number of benzene rings is 2. The second kappa shape index (κ2) is 10.6. The van der Waals surface area contributed by atoms with Crippen molar-refractivity contribution in [2.24, 2.45) is 0 Å². The molecule has 2 aromatic rings. The lowest BCUT2D eigenvalue weighted by Gasteiger charge is -2.16. The summed E-state index contributed by atoms with van der Waals surface area (Å²) >= 11 is 11.9. The van der Waals surface area contributed by atoms with Gasteiger partial charge in [0.05, 0.1) is 29.3 Å². The van der Waals surface area contributed by atoms with E-state index in [9.17, 15) is 14.7 Å². The highest BCUT2D eigenvalue weighted by atomic mass is 35.5. The zero-order chi connectivity index (χ0) is 23.3. The van der Waals surface area contributed by atoms with Crippen molar-refractivity contribution in [1.82, 2.24) is 10.2 Å². The Hall–Kier alpha value is -2.96. The number of carbonyl (C=O) groups is 2. The number of nitrogens with one attached hydrogen (secondary N) is 1. The van der Waals surface area contributed by atoms with Gasteiger partial charge in [0.15, 0.2) is 5.76 Å². The van der Waals surface area contributed by atoms with Gasteiger partial charge in [-0.1, -0.05) is 60.1 Å². The van der Waals surface area contributed by atoms with Crippen molar-refractivity contribution < 1.29 is 19.4 Å². The minimum Gasteiger partial charge on any atom is -0.503 e. The topological polar surface area (TPSA) is 78.9 Å². The van der Waals surface area contributed by atoms with Gasteiger partial charge in [-0.15, -0.1) is 0 Å². The normalized spacial score (nSPS) is 13.5. The number of methoxy groups -OCH3 is 1. The predicted octanol–water partition coefficient (Wildman–Crippen LogP) is 4.51. The van der Waals surface area contributed by atoms with Crippen LogP contribution in [0, 0.1) is 0 Å². The molecule has 0 saturated heterocycles. The molecule has 0 spiro atoms. The third-order valence-corrected chi connectivity index (χ3v) is 5.95. The number of hydrogen-bond donors (Lipinski definition) is 2. The zero-order valence-corrected chi connectivity index (χ0v) is 19.2. The van der Waals surface area contributed by atoms with Crippen LogP contribution in [0.5, 0.6) is 0 Å². The molecule has 3 rings (SSSR count). The molecule has 2 aromatic carbocycles. The van der Waals surface area contributed by atoms with Crippen molar-refractivity contribution in [2.45, 2.75) is 19.4 Å². The molecule has 0 bridgehead atoms. The molecule has 0 aromatic heterocycles. The highest BCUT2D eigenvalue weighted by Gasteiger charge is 2.33. The maximum Gasteiger partial charge on any atom is 0.289 e. The van der Waals surface area contributed by atoms with E-state index in [-0.39, 0.29) is 18.7 Å². The second-order valence-electron chi connectivity index (χ2n) is 7.42. The summed E-state index contributed by atoms with van der Waals surface area (Å²) in [4.78, 5) is 26.3. The summed E-state index contributed by atoms with van der Waals surface area (Å²) in [6.07, 6.45) is 1.38. The molecule has 2 N–H and O–H groups in total. The van der Waals surface area contributed by atoms with E-state index < -0.39 is 17.6 Å². The summed E-state index contributed by atoms with van der Waals surface area (Å²) in [6, 6.07) is 12.8. The molecule has 1 heterocycles. The van der Waals surface area contributed by atoms with Crippen LogP contribution in [-0.2, 0) is 27.3 Å². The van der Waals surface area contributed by atoms with Crippen LogP contribution in [-0.4, -0.2) is 42.0 Å². The smallest absolute Gasteiger partial charge is 0.289 e. The van der Waals surface area contributed by atoms with Crippen molar-refractivity contribution in [3.05, 3.63) is 87.1 Å². The third kappa shape index (κ3) is 5.64. The van der Waals surface area contributed by atoms with E-state index in [0.29, 0.717) is 35.2 Å². The average Bonchev–Trinajstić information content (AvgIpc) is 3.07. The molecule has 1 aliphatic heterocycles. The van der Waals surface area contributed by atoms with Crippen LogP contribution in [0.15, 0.2) is 60.4 Å². The molecular formula is C24H24Cl2N2O4. The molecule has 32 heavy (non-hydrogen) atoms. The fraction of sp³-hybridized carbons (Fsp3) is 0.250. The Morgan fingerprint density at radius 1 is 1.16 bits per heavy atom. The van der Waals surface area contributed by atoms with E-state index in [2.05, 4.69) is 11.9 Å². The first-order valence-corrected chi connectivity index (χ1v) is 10.8. The van der Waals surface area contributed by atoms with Gasteiger partial charge >= 0.3 is 0 Å². The van der Waals surface area contributed by atoms with Crippen molar-refractivity contribution in [3.63, 3.8) is 0 Å². The van der Waals surface area contributed by atoms with Gasteiger partial charge in [0.2, 0.25) is 0 Å². The van der Waals surface area contributed by atoms with E-state index in [0.717, 1.165) is 16.7 Å². The molecule has 0 atom stereocenters. The summed E-state index contributed by atoms with van der Waals surface area (Å²) in [6.45, 7) is 4.52. The first-order chi connectivity index (χ1) is 15.3. The average molecular weight is 475 g/mol. The first kappa shape index (κ1) is 23.7. The summed E-state index contributed by atoms with van der Waals surface area (Å²) in [7, 11) is 1.55. The molecule has 0 fully saturated rings. The Morgan fingerprint density at radius 2 is 1.84 bits per heavy atom. The third-order valence-electron chi connectivity index (χ3n) is 5.21. The number of aliphatic hydroxyl groups is 1. The van der Waals surface area contributed by atoms with Gasteiger partial charge in [-0.05, 0) is 36.1 Å². The molecule has 0 aliphatic carbocycles. The SMILES string of the molecule is C=C(OC)c1ccc(CN2CC(C(=O)NCCCc3ccc(Cl)c(Cl)c3)=C(O)C2=O)cc1. The fourth-order valence-corrected chi connectivity index (χ4v) is 3.67. The predicted molar refractivity (Wildman–Crippen MR) is 125 cm³/mol. The van der Waals surface area contributed by atoms with E-state index in [4.69, 9.17) is 27.9 Å². The van der Waals surface area contributed by atoms with E-state index in [1.165, 1.54) is 4.90 Å². The van der Waals surface area contributed by atoms with Crippen LogP contribution in [0.4, 0.5) is 0 Å². The maximum absolute atomic E-state index is 12.5. The van der Waals surface area contributed by atoms with Crippen molar-refractivity contribution in [2.75, 3.05) is 20.2 Å². The maximum atomic E-state index is 12.5. The lowest BCUT2D eigenvalue weighted by Crippen LogP contribution is -2.30. The van der Waals surface area contributed by atoms with Crippen molar-refractivity contribution in [3.8, 4) is 0 Å². The van der Waals surface area contributed by atoms with E-state index in [1.54, 1.807) is 19.2 Å². The van der Waals surface area contributed by atoms with Gasteiger partial charge in [0.25, 0.3) is 11.8 Å². The minimum atomic E-state index is -0.559. The van der Waals surface area contributed by atoms with Gasteiger partial charge in [-0.25, -0.2) is 0 Å². The lowest BCUT2D eigenvalue weighted by atomic mass is 10.1. The summed E-state index contributed by atoms with van der Waals surface area (Å²) in [5, 5.41) is 13.9. The van der Waals surface area contributed by atoms with Gasteiger partial charge in [0, 0.05) is 18.7 Å². The van der Waals surface area contributed by atoms with Crippen LogP contribution in [0.1, 0.15) is 23.1 Å². The molecule has 0 unspecified atom stereocenters. The van der Waals surface area contributed by atoms with Crippen LogP contribution in [0.3, 0.4) is 0 Å². The number of halogens is 2. The summed E-state index contributed by atoms with van der Waals surface area (Å²) in [5.74, 6) is -0.960. The second-order valence-corrected chi connectivity index (χ2v) is 8.23. The Labute approximate surface area is 197 Å². The van der Waals surface area contributed by atoms with Crippen molar-refractivity contribution >= 4 is 40.8 Å². The number of aliphatic hydroxyl groups excluding tert-OH is 1. The quantitative estimate of drug-likeness (QED) is 0.413. The highest BCUT2D eigenvalue weighted by molar-refractivity contribution is 6.42. The monoisotopic (exact) mass is 474 g/mol. The number of carbonyl (C=O) groups excluding carboxylic acids is 2. The van der Waals surface area contributed by atoms with Crippen LogP contribution >= 0.6 is 23.2 Å². The minimum absolute atomic E-state index is 0.0514. The molecule has 0 saturated carbocycles. The van der Waals surface area contributed by atoms with Crippen LogP contribution in [0.25, 0.3) is 5.76 Å². The van der Waals surface area contributed by atoms with Gasteiger partial charge in [0.1, 0.15) is 5.76 Å².